The maximum atomic E-state index is 9.68. The topological polar surface area (TPSA) is 56.5 Å². The highest BCUT2D eigenvalue weighted by Gasteiger charge is 2.14. The molecule has 0 spiro atoms. The minimum atomic E-state index is -0.678. The molecule has 0 aromatic heterocycles. The predicted molar refractivity (Wildman–Crippen MR) is 75.1 cm³/mol. The zero-order valence-electron chi connectivity index (χ0n) is 11.9. The number of ether oxygens (including phenoxy) is 1. The molecule has 4 heteroatoms. The van der Waals surface area contributed by atoms with Crippen LogP contribution in [-0.4, -0.2) is 42.4 Å². The molecule has 0 aliphatic carbocycles. The summed E-state index contributed by atoms with van der Waals surface area (Å²) in [4.78, 5) is 2.07. The van der Waals surface area contributed by atoms with Crippen LogP contribution in [-0.2, 0) is 0 Å². The summed E-state index contributed by atoms with van der Waals surface area (Å²) in [5.41, 5.74) is -0.115. The molecule has 104 valence electrons. The van der Waals surface area contributed by atoms with E-state index in [4.69, 9.17) is 10.00 Å². The molecular formula is C15H22N2O2. The van der Waals surface area contributed by atoms with Gasteiger partial charge in [-0.05, 0) is 39.4 Å². The zero-order valence-corrected chi connectivity index (χ0v) is 11.9. The van der Waals surface area contributed by atoms with Gasteiger partial charge in [0.05, 0.1) is 17.8 Å². The van der Waals surface area contributed by atoms with Crippen LogP contribution in [0.4, 0.5) is 0 Å². The van der Waals surface area contributed by atoms with Crippen LogP contribution < -0.4 is 4.74 Å². The first-order valence-corrected chi connectivity index (χ1v) is 6.45. The molecule has 0 saturated heterocycles. The largest absolute Gasteiger partial charge is 0.492 e. The highest BCUT2D eigenvalue weighted by molar-refractivity contribution is 5.42. The number of nitriles is 1. The summed E-state index contributed by atoms with van der Waals surface area (Å²) in [6.07, 6.45) is 0.854. The first-order valence-electron chi connectivity index (χ1n) is 6.45. The lowest BCUT2D eigenvalue weighted by Crippen LogP contribution is -2.37. The number of likely N-dealkylation sites (N-methyl/N-ethyl adjacent to an activating group) is 1. The molecule has 0 aliphatic heterocycles. The molecule has 0 saturated carbocycles. The van der Waals surface area contributed by atoms with Gasteiger partial charge in [-0.2, -0.15) is 5.26 Å². The fourth-order valence-corrected chi connectivity index (χ4v) is 1.94. The molecule has 1 N–H and O–H groups in total. The highest BCUT2D eigenvalue weighted by Crippen LogP contribution is 2.16. The van der Waals surface area contributed by atoms with Crippen molar-refractivity contribution < 1.29 is 9.84 Å². The summed E-state index contributed by atoms with van der Waals surface area (Å²) in [6, 6.07) is 9.34. The zero-order chi connectivity index (χ0) is 14.3. The normalized spacial score (nSPS) is 11.4. The fraction of sp³-hybridized carbons (Fsp3) is 0.533. The lowest BCUT2D eigenvalue weighted by molar-refractivity contribution is 0.0433. The molecule has 1 aromatic rings. The molecule has 0 radical (unpaired) electrons. The summed E-state index contributed by atoms with van der Waals surface area (Å²) in [5, 5.41) is 18.6. The number of hydrogen-bond donors (Lipinski definition) is 1. The van der Waals surface area contributed by atoms with Crippen LogP contribution in [0.25, 0.3) is 0 Å². The van der Waals surface area contributed by atoms with Crippen LogP contribution in [0.5, 0.6) is 5.75 Å². The number of benzene rings is 1. The van der Waals surface area contributed by atoms with Crippen molar-refractivity contribution in [3.8, 4) is 11.8 Å². The van der Waals surface area contributed by atoms with E-state index in [0.29, 0.717) is 24.5 Å². The average Bonchev–Trinajstić information content (AvgIpc) is 2.33. The van der Waals surface area contributed by atoms with E-state index in [1.807, 2.05) is 19.2 Å². The van der Waals surface area contributed by atoms with Gasteiger partial charge < -0.3 is 14.7 Å². The van der Waals surface area contributed by atoms with Gasteiger partial charge in [0.25, 0.3) is 0 Å². The SMILES string of the molecule is CN(CCCOc1ccccc1C#N)CC(C)(C)O. The lowest BCUT2D eigenvalue weighted by atomic mass is 10.1. The maximum Gasteiger partial charge on any atom is 0.137 e. The van der Waals surface area contributed by atoms with Crippen LogP contribution in [0.3, 0.4) is 0 Å². The van der Waals surface area contributed by atoms with E-state index in [0.717, 1.165) is 13.0 Å². The van der Waals surface area contributed by atoms with Gasteiger partial charge in [0.15, 0.2) is 0 Å². The van der Waals surface area contributed by atoms with Crippen molar-refractivity contribution in [2.45, 2.75) is 25.9 Å². The Balaban J connectivity index is 2.30. The van der Waals surface area contributed by atoms with Gasteiger partial charge in [0, 0.05) is 13.1 Å². The molecule has 1 aromatic carbocycles. The molecule has 0 aliphatic rings. The second-order valence-corrected chi connectivity index (χ2v) is 5.36. The van der Waals surface area contributed by atoms with Crippen LogP contribution in [0.1, 0.15) is 25.8 Å². The lowest BCUT2D eigenvalue weighted by Gasteiger charge is -2.25. The molecule has 1 rings (SSSR count). The van der Waals surface area contributed by atoms with Crippen molar-refractivity contribution in [2.75, 3.05) is 26.7 Å². The van der Waals surface area contributed by atoms with E-state index >= 15 is 0 Å². The van der Waals surface area contributed by atoms with E-state index in [1.165, 1.54) is 0 Å². The van der Waals surface area contributed by atoms with Crippen molar-refractivity contribution >= 4 is 0 Å². The van der Waals surface area contributed by atoms with Gasteiger partial charge in [-0.15, -0.1) is 0 Å². The number of nitrogens with zero attached hydrogens (tertiary/aromatic N) is 2. The molecule has 4 nitrogen and oxygen atoms in total. The number of hydrogen-bond acceptors (Lipinski definition) is 4. The number of rotatable bonds is 7. The number of para-hydroxylation sites is 1. The van der Waals surface area contributed by atoms with Crippen molar-refractivity contribution in [3.05, 3.63) is 29.8 Å². The second kappa shape index (κ2) is 7.13. The minimum Gasteiger partial charge on any atom is -0.492 e. The Morgan fingerprint density at radius 2 is 2.05 bits per heavy atom. The Bertz CT molecular complexity index is 433. The van der Waals surface area contributed by atoms with Gasteiger partial charge in [-0.1, -0.05) is 12.1 Å². The van der Waals surface area contributed by atoms with Crippen LogP contribution in [0.2, 0.25) is 0 Å². The molecular weight excluding hydrogens is 240 g/mol. The van der Waals surface area contributed by atoms with Crippen molar-refractivity contribution in [1.29, 1.82) is 5.26 Å². The average molecular weight is 262 g/mol. The summed E-state index contributed by atoms with van der Waals surface area (Å²) in [6.45, 7) is 5.63. The molecule has 0 heterocycles. The monoisotopic (exact) mass is 262 g/mol. The fourth-order valence-electron chi connectivity index (χ4n) is 1.94. The molecule has 0 unspecified atom stereocenters. The summed E-state index contributed by atoms with van der Waals surface area (Å²) in [7, 11) is 1.97. The van der Waals surface area contributed by atoms with E-state index in [2.05, 4.69) is 11.0 Å². The Hall–Kier alpha value is -1.57. The Morgan fingerprint density at radius 3 is 2.68 bits per heavy atom. The summed E-state index contributed by atoms with van der Waals surface area (Å²) < 4.78 is 5.60. The standard InChI is InChI=1S/C15H22N2O2/c1-15(2,18)12-17(3)9-6-10-19-14-8-5-4-7-13(14)11-16/h4-5,7-8,18H,6,9-10,12H2,1-3H3. The van der Waals surface area contributed by atoms with Crippen LogP contribution in [0.15, 0.2) is 24.3 Å². The van der Waals surface area contributed by atoms with Gasteiger partial charge >= 0.3 is 0 Å². The van der Waals surface area contributed by atoms with Crippen molar-refractivity contribution in [3.63, 3.8) is 0 Å². The maximum absolute atomic E-state index is 9.68. The van der Waals surface area contributed by atoms with E-state index < -0.39 is 5.60 Å². The smallest absolute Gasteiger partial charge is 0.137 e. The van der Waals surface area contributed by atoms with E-state index in [9.17, 15) is 5.11 Å². The van der Waals surface area contributed by atoms with Gasteiger partial charge in [0.2, 0.25) is 0 Å². The van der Waals surface area contributed by atoms with Crippen LogP contribution >= 0.6 is 0 Å². The second-order valence-electron chi connectivity index (χ2n) is 5.36. The Labute approximate surface area is 115 Å². The molecule has 0 amide bonds. The first-order chi connectivity index (χ1) is 8.92. The molecule has 0 fully saturated rings. The van der Waals surface area contributed by atoms with E-state index in [-0.39, 0.29) is 0 Å². The molecule has 19 heavy (non-hydrogen) atoms. The third-order valence-electron chi connectivity index (χ3n) is 2.61. The van der Waals surface area contributed by atoms with Gasteiger partial charge in [0.1, 0.15) is 11.8 Å². The Morgan fingerprint density at radius 1 is 1.37 bits per heavy atom. The number of aliphatic hydroxyl groups is 1. The molecule has 0 bridgehead atoms. The van der Waals surface area contributed by atoms with Crippen LogP contribution in [0, 0.1) is 11.3 Å². The van der Waals surface area contributed by atoms with Crippen molar-refractivity contribution in [1.82, 2.24) is 4.90 Å². The predicted octanol–water partition coefficient (Wildman–Crippen LogP) is 2.03. The highest BCUT2D eigenvalue weighted by atomic mass is 16.5. The van der Waals surface area contributed by atoms with Gasteiger partial charge in [-0.25, -0.2) is 0 Å². The summed E-state index contributed by atoms with van der Waals surface area (Å²) >= 11 is 0. The quantitative estimate of drug-likeness (QED) is 0.764. The minimum absolute atomic E-state index is 0.562. The summed E-state index contributed by atoms with van der Waals surface area (Å²) in [5.74, 6) is 0.634. The Kier molecular flexibility index (Phi) is 5.81. The van der Waals surface area contributed by atoms with Crippen molar-refractivity contribution in [2.24, 2.45) is 0 Å². The first kappa shape index (κ1) is 15.5. The third kappa shape index (κ3) is 6.23. The van der Waals surface area contributed by atoms with E-state index in [1.54, 1.807) is 26.0 Å². The van der Waals surface area contributed by atoms with Gasteiger partial charge in [-0.3, -0.25) is 0 Å². The molecule has 0 atom stereocenters. The third-order valence-corrected chi connectivity index (χ3v) is 2.61.